The molecule has 0 atom stereocenters. The number of rotatable bonds is 6. The van der Waals surface area contributed by atoms with Crippen LogP contribution in [0.15, 0.2) is 6.20 Å². The average Bonchev–Trinajstić information content (AvgIpc) is 2.44. The Morgan fingerprint density at radius 1 is 1.37 bits per heavy atom. The fraction of sp³-hybridized carbons (Fsp3) is 0.667. The van der Waals surface area contributed by atoms with Crippen LogP contribution in [0.25, 0.3) is 0 Å². The molecule has 0 spiro atoms. The molecule has 0 radical (unpaired) electrons. The van der Waals surface area contributed by atoms with Gasteiger partial charge in [0, 0.05) is 44.2 Å². The largest absolute Gasteiger partial charge is 0.366 e. The summed E-state index contributed by atoms with van der Waals surface area (Å²) in [5.74, 6) is 2.70. The minimum absolute atomic E-state index is 0.275. The SMILES string of the molecule is CCNc1ncc(F)c(NCCN2CCSCC2)n1. The first kappa shape index (κ1) is 14.3. The van der Waals surface area contributed by atoms with Crippen molar-refractivity contribution in [3.63, 3.8) is 0 Å². The summed E-state index contributed by atoms with van der Waals surface area (Å²) in [5.41, 5.74) is 0. The molecule has 106 valence electrons. The van der Waals surface area contributed by atoms with Gasteiger partial charge in [-0.25, -0.2) is 9.37 Å². The van der Waals surface area contributed by atoms with E-state index >= 15 is 0 Å². The monoisotopic (exact) mass is 285 g/mol. The van der Waals surface area contributed by atoms with Crippen molar-refractivity contribution in [1.82, 2.24) is 14.9 Å². The Labute approximate surface area is 117 Å². The van der Waals surface area contributed by atoms with Crippen LogP contribution in [-0.4, -0.2) is 59.1 Å². The molecule has 1 aliphatic rings. The summed E-state index contributed by atoms with van der Waals surface area (Å²) in [6.45, 7) is 6.51. The van der Waals surface area contributed by atoms with Gasteiger partial charge in [-0.05, 0) is 6.92 Å². The van der Waals surface area contributed by atoms with Crippen LogP contribution < -0.4 is 10.6 Å². The highest BCUT2D eigenvalue weighted by Gasteiger charge is 2.10. The number of nitrogens with zero attached hydrogens (tertiary/aromatic N) is 3. The van der Waals surface area contributed by atoms with Crippen molar-refractivity contribution >= 4 is 23.5 Å². The van der Waals surface area contributed by atoms with E-state index < -0.39 is 5.82 Å². The van der Waals surface area contributed by atoms with E-state index in [2.05, 4.69) is 25.5 Å². The summed E-state index contributed by atoms with van der Waals surface area (Å²) in [4.78, 5) is 10.4. The third-order valence-corrected chi connectivity index (χ3v) is 3.85. The molecule has 0 bridgehead atoms. The fourth-order valence-corrected chi connectivity index (χ4v) is 2.87. The molecule has 1 fully saturated rings. The Hall–Kier alpha value is -1.08. The predicted octanol–water partition coefficient (Wildman–Crippen LogP) is 1.51. The molecule has 0 saturated carbocycles. The number of thioether (sulfide) groups is 1. The topological polar surface area (TPSA) is 53.1 Å². The summed E-state index contributed by atoms with van der Waals surface area (Å²) in [6, 6.07) is 0. The standard InChI is InChI=1S/C12H20FN5S/c1-2-14-12-16-9-10(13)11(17-12)15-3-4-18-5-7-19-8-6-18/h9H,2-8H2,1H3,(H2,14,15,16,17). The van der Waals surface area contributed by atoms with Crippen molar-refractivity contribution < 1.29 is 4.39 Å². The second-order valence-electron chi connectivity index (χ2n) is 4.30. The second kappa shape index (κ2) is 7.49. The van der Waals surface area contributed by atoms with Gasteiger partial charge in [0.1, 0.15) is 0 Å². The van der Waals surface area contributed by atoms with Crippen LogP contribution in [-0.2, 0) is 0 Å². The maximum absolute atomic E-state index is 13.5. The molecule has 0 amide bonds. The maximum atomic E-state index is 13.5. The molecule has 0 aliphatic carbocycles. The minimum Gasteiger partial charge on any atom is -0.366 e. The van der Waals surface area contributed by atoms with E-state index in [-0.39, 0.29) is 5.82 Å². The van der Waals surface area contributed by atoms with Crippen LogP contribution in [0.1, 0.15) is 6.92 Å². The first-order valence-electron chi connectivity index (χ1n) is 6.60. The summed E-state index contributed by atoms with van der Waals surface area (Å²) in [7, 11) is 0. The zero-order valence-electron chi connectivity index (χ0n) is 11.2. The molecule has 1 aliphatic heterocycles. The van der Waals surface area contributed by atoms with Gasteiger partial charge in [-0.3, -0.25) is 4.90 Å². The van der Waals surface area contributed by atoms with Crippen LogP contribution in [0.2, 0.25) is 0 Å². The number of nitrogens with one attached hydrogen (secondary N) is 2. The average molecular weight is 285 g/mol. The van der Waals surface area contributed by atoms with Gasteiger partial charge in [0.05, 0.1) is 6.20 Å². The number of halogens is 1. The van der Waals surface area contributed by atoms with Crippen LogP contribution in [0.4, 0.5) is 16.2 Å². The van der Waals surface area contributed by atoms with Crippen LogP contribution in [0.3, 0.4) is 0 Å². The van der Waals surface area contributed by atoms with Gasteiger partial charge >= 0.3 is 0 Å². The first-order valence-corrected chi connectivity index (χ1v) is 7.75. The normalized spacial score (nSPS) is 16.3. The van der Waals surface area contributed by atoms with E-state index in [0.29, 0.717) is 12.5 Å². The van der Waals surface area contributed by atoms with E-state index in [1.165, 1.54) is 17.7 Å². The second-order valence-corrected chi connectivity index (χ2v) is 5.53. The van der Waals surface area contributed by atoms with Crippen molar-refractivity contribution in [3.8, 4) is 0 Å². The highest BCUT2D eigenvalue weighted by atomic mass is 32.2. The molecule has 1 aromatic rings. The maximum Gasteiger partial charge on any atom is 0.224 e. The smallest absolute Gasteiger partial charge is 0.224 e. The molecule has 7 heteroatoms. The van der Waals surface area contributed by atoms with E-state index in [4.69, 9.17) is 0 Å². The highest BCUT2D eigenvalue weighted by molar-refractivity contribution is 7.99. The third kappa shape index (κ3) is 4.50. The lowest BCUT2D eigenvalue weighted by molar-refractivity contribution is 0.314. The third-order valence-electron chi connectivity index (χ3n) is 2.90. The molecule has 2 N–H and O–H groups in total. The number of hydrogen-bond acceptors (Lipinski definition) is 6. The highest BCUT2D eigenvalue weighted by Crippen LogP contribution is 2.12. The minimum atomic E-state index is -0.407. The molecule has 1 aromatic heterocycles. The predicted molar refractivity (Wildman–Crippen MR) is 78.4 cm³/mol. The van der Waals surface area contributed by atoms with E-state index in [1.54, 1.807) is 0 Å². The van der Waals surface area contributed by atoms with Gasteiger partial charge in [0.2, 0.25) is 5.95 Å². The Bertz CT molecular complexity index is 398. The van der Waals surface area contributed by atoms with Crippen molar-refractivity contribution in [3.05, 3.63) is 12.0 Å². The Kier molecular flexibility index (Phi) is 5.65. The lowest BCUT2D eigenvalue weighted by Crippen LogP contribution is -2.36. The molecule has 0 unspecified atom stereocenters. The molecule has 2 heterocycles. The number of hydrogen-bond donors (Lipinski definition) is 2. The molecule has 2 rings (SSSR count). The summed E-state index contributed by atoms with van der Waals surface area (Å²) in [6.07, 6.45) is 1.20. The lowest BCUT2D eigenvalue weighted by atomic mass is 10.4. The summed E-state index contributed by atoms with van der Waals surface area (Å²) in [5, 5.41) is 6.02. The zero-order valence-corrected chi connectivity index (χ0v) is 12.0. The molecule has 19 heavy (non-hydrogen) atoms. The molecule has 0 aromatic carbocycles. The van der Waals surface area contributed by atoms with E-state index in [9.17, 15) is 4.39 Å². The lowest BCUT2D eigenvalue weighted by Gasteiger charge is -2.26. The van der Waals surface area contributed by atoms with Crippen molar-refractivity contribution in [2.75, 3.05) is 54.9 Å². The van der Waals surface area contributed by atoms with Gasteiger partial charge in [0.15, 0.2) is 11.6 Å². The van der Waals surface area contributed by atoms with E-state index in [1.807, 2.05) is 18.7 Å². The fourth-order valence-electron chi connectivity index (χ4n) is 1.89. The van der Waals surface area contributed by atoms with Gasteiger partial charge in [-0.2, -0.15) is 16.7 Å². The van der Waals surface area contributed by atoms with Crippen molar-refractivity contribution in [1.29, 1.82) is 0 Å². The number of anilines is 2. The summed E-state index contributed by atoms with van der Waals surface area (Å²) >= 11 is 1.99. The molecular formula is C12H20FN5S. The Morgan fingerprint density at radius 3 is 2.89 bits per heavy atom. The van der Waals surface area contributed by atoms with Crippen LogP contribution >= 0.6 is 11.8 Å². The Balaban J connectivity index is 1.82. The van der Waals surface area contributed by atoms with Gasteiger partial charge in [-0.15, -0.1) is 0 Å². The molecular weight excluding hydrogens is 265 g/mol. The van der Waals surface area contributed by atoms with E-state index in [0.717, 1.165) is 26.2 Å². The first-order chi connectivity index (χ1) is 9.29. The quantitative estimate of drug-likeness (QED) is 0.826. The zero-order chi connectivity index (χ0) is 13.5. The number of aromatic nitrogens is 2. The van der Waals surface area contributed by atoms with Gasteiger partial charge < -0.3 is 10.6 Å². The molecule has 1 saturated heterocycles. The Morgan fingerprint density at radius 2 is 2.16 bits per heavy atom. The van der Waals surface area contributed by atoms with Crippen LogP contribution in [0.5, 0.6) is 0 Å². The van der Waals surface area contributed by atoms with Gasteiger partial charge in [-0.1, -0.05) is 0 Å². The van der Waals surface area contributed by atoms with Crippen molar-refractivity contribution in [2.45, 2.75) is 6.92 Å². The van der Waals surface area contributed by atoms with Crippen LogP contribution in [0, 0.1) is 5.82 Å². The van der Waals surface area contributed by atoms with Crippen molar-refractivity contribution in [2.24, 2.45) is 0 Å². The molecule has 5 nitrogen and oxygen atoms in total. The van der Waals surface area contributed by atoms with Gasteiger partial charge in [0.25, 0.3) is 0 Å². The summed E-state index contributed by atoms with van der Waals surface area (Å²) < 4.78 is 13.5.